The minimum Gasteiger partial charge on any atom is -0.389 e. The second-order valence-electron chi connectivity index (χ2n) is 7.18. The molecule has 2 aromatic rings. The van der Waals surface area contributed by atoms with Gasteiger partial charge in [0.25, 0.3) is 0 Å². The van der Waals surface area contributed by atoms with Crippen LogP contribution in [0.5, 0.6) is 0 Å². The highest BCUT2D eigenvalue weighted by Crippen LogP contribution is 2.14. The first-order valence-corrected chi connectivity index (χ1v) is 9.28. The van der Waals surface area contributed by atoms with Crippen molar-refractivity contribution in [1.82, 2.24) is 9.47 Å². The summed E-state index contributed by atoms with van der Waals surface area (Å²) in [4.78, 5) is 2.20. The SMILES string of the molecule is C#CCOC[C@H](O)CN(Cc1cccn1Cc1ccccc1F)CC(C)C. The highest BCUT2D eigenvalue weighted by molar-refractivity contribution is 5.19. The zero-order chi connectivity index (χ0) is 19.6. The Kier molecular flexibility index (Phi) is 8.53. The van der Waals surface area contributed by atoms with E-state index in [-0.39, 0.29) is 19.0 Å². The predicted octanol–water partition coefficient (Wildman–Crippen LogP) is 3.14. The molecule has 0 saturated carbocycles. The van der Waals surface area contributed by atoms with E-state index in [9.17, 15) is 9.50 Å². The summed E-state index contributed by atoms with van der Waals surface area (Å²) in [5.74, 6) is 2.66. The standard InChI is InChI=1S/C22H29FN2O2/c1-4-12-27-17-21(26)16-24(13-18(2)3)15-20-9-7-11-25(20)14-19-8-5-6-10-22(19)23/h1,5-11,18,21,26H,12-17H2,2-3H3/t21-/m1/s1. The first-order chi connectivity index (χ1) is 13.0. The molecular formula is C22H29FN2O2. The van der Waals surface area contributed by atoms with E-state index in [2.05, 4.69) is 24.7 Å². The van der Waals surface area contributed by atoms with E-state index in [0.717, 1.165) is 12.2 Å². The molecule has 4 nitrogen and oxygen atoms in total. The van der Waals surface area contributed by atoms with Crippen LogP contribution in [0.2, 0.25) is 0 Å². The van der Waals surface area contributed by atoms with Gasteiger partial charge in [0.1, 0.15) is 12.4 Å². The average molecular weight is 372 g/mol. The third-order valence-electron chi connectivity index (χ3n) is 4.20. The number of hydrogen-bond donors (Lipinski definition) is 1. The highest BCUT2D eigenvalue weighted by atomic mass is 19.1. The molecular weight excluding hydrogens is 343 g/mol. The summed E-state index contributed by atoms with van der Waals surface area (Å²) in [5.41, 5.74) is 1.74. The molecule has 2 rings (SSSR count). The Labute approximate surface area is 161 Å². The first kappa shape index (κ1) is 21.2. The summed E-state index contributed by atoms with van der Waals surface area (Å²) in [7, 11) is 0. The molecule has 0 amide bonds. The van der Waals surface area contributed by atoms with Crippen molar-refractivity contribution in [2.24, 2.45) is 5.92 Å². The molecule has 0 aliphatic heterocycles. The van der Waals surface area contributed by atoms with Crippen molar-refractivity contribution in [2.45, 2.75) is 33.0 Å². The van der Waals surface area contributed by atoms with Crippen LogP contribution in [0.15, 0.2) is 42.6 Å². The van der Waals surface area contributed by atoms with E-state index in [1.165, 1.54) is 6.07 Å². The van der Waals surface area contributed by atoms with E-state index in [0.29, 0.717) is 31.1 Å². The molecule has 1 N–H and O–H groups in total. The molecule has 0 unspecified atom stereocenters. The summed E-state index contributed by atoms with van der Waals surface area (Å²) in [6.45, 7) is 7.20. The maximum atomic E-state index is 14.0. The number of aliphatic hydroxyl groups is 1. The fourth-order valence-corrected chi connectivity index (χ4v) is 3.11. The fourth-order valence-electron chi connectivity index (χ4n) is 3.11. The molecule has 0 radical (unpaired) electrons. The van der Waals surface area contributed by atoms with Crippen molar-refractivity contribution < 1.29 is 14.2 Å². The number of ether oxygens (including phenoxy) is 1. The van der Waals surface area contributed by atoms with Crippen LogP contribution in [-0.2, 0) is 17.8 Å². The zero-order valence-corrected chi connectivity index (χ0v) is 16.1. The zero-order valence-electron chi connectivity index (χ0n) is 16.1. The molecule has 27 heavy (non-hydrogen) atoms. The largest absolute Gasteiger partial charge is 0.389 e. The van der Waals surface area contributed by atoms with Gasteiger partial charge >= 0.3 is 0 Å². The van der Waals surface area contributed by atoms with Crippen molar-refractivity contribution in [1.29, 1.82) is 0 Å². The Morgan fingerprint density at radius 3 is 2.70 bits per heavy atom. The topological polar surface area (TPSA) is 37.6 Å². The smallest absolute Gasteiger partial charge is 0.128 e. The molecule has 1 heterocycles. The van der Waals surface area contributed by atoms with E-state index >= 15 is 0 Å². The molecule has 0 aliphatic rings. The molecule has 146 valence electrons. The Hall–Kier alpha value is -2.13. The number of aromatic nitrogens is 1. The van der Waals surface area contributed by atoms with Gasteiger partial charge in [0.2, 0.25) is 0 Å². The van der Waals surface area contributed by atoms with Crippen molar-refractivity contribution in [3.8, 4) is 12.3 Å². The van der Waals surface area contributed by atoms with Gasteiger partial charge in [-0.25, -0.2) is 4.39 Å². The van der Waals surface area contributed by atoms with E-state index in [1.807, 2.05) is 29.0 Å². The first-order valence-electron chi connectivity index (χ1n) is 9.28. The van der Waals surface area contributed by atoms with Crippen LogP contribution in [0.25, 0.3) is 0 Å². The molecule has 0 spiro atoms. The van der Waals surface area contributed by atoms with Crippen LogP contribution < -0.4 is 0 Å². The molecule has 1 aromatic carbocycles. The second-order valence-corrected chi connectivity index (χ2v) is 7.18. The maximum absolute atomic E-state index is 14.0. The third-order valence-corrected chi connectivity index (χ3v) is 4.20. The van der Waals surface area contributed by atoms with E-state index in [1.54, 1.807) is 12.1 Å². The van der Waals surface area contributed by atoms with Crippen LogP contribution in [0.1, 0.15) is 25.1 Å². The number of nitrogens with zero attached hydrogens (tertiary/aromatic N) is 2. The lowest BCUT2D eigenvalue weighted by molar-refractivity contribution is 0.0233. The van der Waals surface area contributed by atoms with Crippen molar-refractivity contribution in [2.75, 3.05) is 26.3 Å². The van der Waals surface area contributed by atoms with Crippen molar-refractivity contribution in [3.05, 3.63) is 59.7 Å². The van der Waals surface area contributed by atoms with Gasteiger partial charge in [-0.15, -0.1) is 6.42 Å². The number of halogens is 1. The molecule has 1 atom stereocenters. The van der Waals surface area contributed by atoms with Gasteiger partial charge in [-0.2, -0.15) is 0 Å². The number of aliphatic hydroxyl groups excluding tert-OH is 1. The van der Waals surface area contributed by atoms with Gasteiger partial charge in [-0.05, 0) is 24.1 Å². The van der Waals surface area contributed by atoms with Crippen LogP contribution in [0.3, 0.4) is 0 Å². The predicted molar refractivity (Wildman–Crippen MR) is 106 cm³/mol. The summed E-state index contributed by atoms with van der Waals surface area (Å²) in [6, 6.07) is 10.8. The number of hydrogen-bond acceptors (Lipinski definition) is 3. The Bertz CT molecular complexity index is 736. The van der Waals surface area contributed by atoms with Gasteiger partial charge in [-0.1, -0.05) is 38.0 Å². The molecule has 0 saturated heterocycles. The molecule has 0 bridgehead atoms. The molecule has 0 fully saturated rings. The minimum absolute atomic E-state index is 0.197. The lowest BCUT2D eigenvalue weighted by Gasteiger charge is -2.27. The quantitative estimate of drug-likeness (QED) is 0.486. The normalized spacial score (nSPS) is 12.5. The van der Waals surface area contributed by atoms with E-state index < -0.39 is 6.10 Å². The third kappa shape index (κ3) is 7.18. The van der Waals surface area contributed by atoms with Gasteiger partial charge in [0.15, 0.2) is 0 Å². The molecule has 5 heteroatoms. The summed E-state index contributed by atoms with van der Waals surface area (Å²) < 4.78 is 21.3. The Balaban J connectivity index is 2.03. The van der Waals surface area contributed by atoms with Crippen LogP contribution in [0.4, 0.5) is 4.39 Å². The average Bonchev–Trinajstić information content (AvgIpc) is 3.03. The van der Waals surface area contributed by atoms with Gasteiger partial charge < -0.3 is 14.4 Å². The van der Waals surface area contributed by atoms with Crippen LogP contribution in [-0.4, -0.2) is 47.0 Å². The molecule has 1 aromatic heterocycles. The number of benzene rings is 1. The Morgan fingerprint density at radius 1 is 1.22 bits per heavy atom. The van der Waals surface area contributed by atoms with Crippen LogP contribution in [0, 0.1) is 24.1 Å². The molecule has 0 aliphatic carbocycles. The summed E-state index contributed by atoms with van der Waals surface area (Å²) in [6.07, 6.45) is 6.52. The van der Waals surface area contributed by atoms with Gasteiger partial charge in [-0.3, -0.25) is 4.90 Å². The monoisotopic (exact) mass is 372 g/mol. The summed E-state index contributed by atoms with van der Waals surface area (Å²) >= 11 is 0. The lowest BCUT2D eigenvalue weighted by Crippen LogP contribution is -2.37. The fraction of sp³-hybridized carbons (Fsp3) is 0.455. The lowest BCUT2D eigenvalue weighted by atomic mass is 10.2. The van der Waals surface area contributed by atoms with Crippen molar-refractivity contribution in [3.63, 3.8) is 0 Å². The van der Waals surface area contributed by atoms with Crippen LogP contribution >= 0.6 is 0 Å². The minimum atomic E-state index is -0.605. The highest BCUT2D eigenvalue weighted by Gasteiger charge is 2.16. The van der Waals surface area contributed by atoms with E-state index in [4.69, 9.17) is 11.2 Å². The number of terminal acetylenes is 1. The second kappa shape index (κ2) is 10.9. The van der Waals surface area contributed by atoms with Gasteiger partial charge in [0, 0.05) is 37.1 Å². The number of rotatable bonds is 11. The summed E-state index contributed by atoms with van der Waals surface area (Å²) in [5, 5.41) is 10.2. The van der Waals surface area contributed by atoms with Crippen molar-refractivity contribution >= 4 is 0 Å². The maximum Gasteiger partial charge on any atom is 0.128 e. The van der Waals surface area contributed by atoms with Gasteiger partial charge in [0.05, 0.1) is 19.3 Å². The Morgan fingerprint density at radius 2 is 2.00 bits per heavy atom.